The van der Waals surface area contributed by atoms with Crippen LogP contribution in [0, 0.1) is 10.1 Å². The van der Waals surface area contributed by atoms with E-state index in [9.17, 15) is 19.7 Å². The molecule has 29 heavy (non-hydrogen) atoms. The van der Waals surface area contributed by atoms with E-state index in [4.69, 9.17) is 5.73 Å². The van der Waals surface area contributed by atoms with Crippen LogP contribution in [0.2, 0.25) is 0 Å². The number of anilines is 1. The van der Waals surface area contributed by atoms with E-state index in [0.717, 1.165) is 54.5 Å². The zero-order chi connectivity index (χ0) is 20.6. The molecule has 1 fully saturated rings. The molecule has 0 unspecified atom stereocenters. The fourth-order valence-corrected chi connectivity index (χ4v) is 5.95. The number of carbonyl (C=O) groups is 2. The molecule has 8 heteroatoms. The lowest BCUT2D eigenvalue weighted by molar-refractivity contribution is -0.384. The van der Waals surface area contributed by atoms with Gasteiger partial charge in [-0.2, -0.15) is 0 Å². The van der Waals surface area contributed by atoms with Gasteiger partial charge in [0.15, 0.2) is 0 Å². The van der Waals surface area contributed by atoms with Crippen LogP contribution in [0.4, 0.5) is 10.7 Å². The molecule has 152 valence electrons. The smallest absolute Gasteiger partial charge is 0.269 e. The quantitative estimate of drug-likeness (QED) is 0.567. The lowest BCUT2D eigenvalue weighted by Crippen LogP contribution is -2.38. The maximum atomic E-state index is 13.5. The van der Waals surface area contributed by atoms with Crippen molar-refractivity contribution in [3.63, 3.8) is 0 Å². The molecule has 4 rings (SSSR count). The van der Waals surface area contributed by atoms with Crippen molar-refractivity contribution in [1.82, 2.24) is 0 Å². The Morgan fingerprint density at radius 3 is 2.34 bits per heavy atom. The van der Waals surface area contributed by atoms with E-state index >= 15 is 0 Å². The van der Waals surface area contributed by atoms with Crippen LogP contribution in [0.3, 0.4) is 0 Å². The van der Waals surface area contributed by atoms with Crippen molar-refractivity contribution in [2.45, 2.75) is 56.8 Å². The lowest BCUT2D eigenvalue weighted by Gasteiger charge is -2.28. The number of primary amides is 1. The molecule has 1 aromatic carbocycles. The minimum atomic E-state index is -0.742. The molecular formula is C21H23N3O4S. The first-order chi connectivity index (χ1) is 13.9. The standard InChI is InChI=1S/C21H23N3O4S/c22-18(25)17-15-5-1-2-6-16(15)29-19(17)23-20(26)21(11-3-4-12-21)13-7-9-14(10-8-13)24(27)28/h7-10H,1-6,11-12H2,(H2,22,25)(H,23,26). The van der Waals surface area contributed by atoms with Gasteiger partial charge in [0.25, 0.3) is 11.6 Å². The van der Waals surface area contributed by atoms with Gasteiger partial charge in [0.2, 0.25) is 5.91 Å². The molecule has 0 radical (unpaired) electrons. The van der Waals surface area contributed by atoms with E-state index in [0.29, 0.717) is 23.4 Å². The third kappa shape index (κ3) is 3.42. The number of aryl methyl sites for hydroxylation is 1. The second-order valence-electron chi connectivity index (χ2n) is 7.83. The number of nitro benzene ring substituents is 1. The van der Waals surface area contributed by atoms with E-state index in [1.807, 2.05) is 0 Å². The van der Waals surface area contributed by atoms with E-state index < -0.39 is 16.2 Å². The average Bonchev–Trinajstić information content (AvgIpc) is 3.33. The molecule has 1 aromatic heterocycles. The van der Waals surface area contributed by atoms with Crippen LogP contribution in [-0.4, -0.2) is 16.7 Å². The van der Waals surface area contributed by atoms with E-state index in [1.54, 1.807) is 12.1 Å². The molecule has 0 atom stereocenters. The molecular weight excluding hydrogens is 390 g/mol. The van der Waals surface area contributed by atoms with Crippen LogP contribution in [0.25, 0.3) is 0 Å². The Morgan fingerprint density at radius 2 is 1.72 bits per heavy atom. The molecule has 3 N–H and O–H groups in total. The molecule has 2 amide bonds. The predicted octanol–water partition coefficient (Wildman–Crippen LogP) is 4.08. The molecule has 7 nitrogen and oxygen atoms in total. The summed E-state index contributed by atoms with van der Waals surface area (Å²) in [6, 6.07) is 6.25. The monoisotopic (exact) mass is 413 g/mol. The number of nitrogens with two attached hydrogens (primary N) is 1. The molecule has 2 aliphatic carbocycles. The van der Waals surface area contributed by atoms with Gasteiger partial charge in [0, 0.05) is 17.0 Å². The summed E-state index contributed by atoms with van der Waals surface area (Å²) in [7, 11) is 0. The molecule has 0 bridgehead atoms. The first-order valence-corrected chi connectivity index (χ1v) is 10.7. The number of hydrogen-bond donors (Lipinski definition) is 2. The second-order valence-corrected chi connectivity index (χ2v) is 8.93. The summed E-state index contributed by atoms with van der Waals surface area (Å²) in [5, 5.41) is 14.5. The number of fused-ring (bicyclic) bond motifs is 1. The lowest BCUT2D eigenvalue weighted by atomic mass is 9.78. The molecule has 0 saturated heterocycles. The Labute approximate surface area is 172 Å². The summed E-state index contributed by atoms with van der Waals surface area (Å²) in [6.45, 7) is 0. The molecule has 1 heterocycles. The van der Waals surface area contributed by atoms with Gasteiger partial charge < -0.3 is 11.1 Å². The van der Waals surface area contributed by atoms with Gasteiger partial charge in [-0.3, -0.25) is 19.7 Å². The van der Waals surface area contributed by atoms with E-state index in [-0.39, 0.29) is 11.6 Å². The van der Waals surface area contributed by atoms with E-state index in [2.05, 4.69) is 5.32 Å². The Hall–Kier alpha value is -2.74. The fraction of sp³-hybridized carbons (Fsp3) is 0.429. The van der Waals surface area contributed by atoms with Crippen molar-refractivity contribution in [1.29, 1.82) is 0 Å². The Bertz CT molecular complexity index is 975. The number of nitrogens with one attached hydrogen (secondary N) is 1. The first kappa shape index (κ1) is 19.6. The number of carbonyl (C=O) groups excluding carboxylic acids is 2. The average molecular weight is 413 g/mol. The van der Waals surface area contributed by atoms with Gasteiger partial charge in [-0.05, 0) is 49.7 Å². The van der Waals surface area contributed by atoms with Crippen LogP contribution in [0.5, 0.6) is 0 Å². The maximum Gasteiger partial charge on any atom is 0.269 e. The molecule has 1 saturated carbocycles. The molecule has 0 spiro atoms. The summed E-state index contributed by atoms with van der Waals surface area (Å²) in [5.41, 5.74) is 7.13. The Balaban J connectivity index is 1.68. The minimum absolute atomic E-state index is 0.00394. The number of nitrogens with zero attached hydrogens (tertiary/aromatic N) is 1. The molecule has 2 aliphatic rings. The number of benzene rings is 1. The van der Waals surface area contributed by atoms with Crippen LogP contribution in [-0.2, 0) is 23.1 Å². The summed E-state index contributed by atoms with van der Waals surface area (Å²) >= 11 is 1.46. The van der Waals surface area contributed by atoms with Gasteiger partial charge in [0.05, 0.1) is 15.9 Å². The maximum absolute atomic E-state index is 13.5. The largest absolute Gasteiger partial charge is 0.365 e. The van der Waals surface area contributed by atoms with Crippen LogP contribution < -0.4 is 11.1 Å². The zero-order valence-corrected chi connectivity index (χ0v) is 16.8. The van der Waals surface area contributed by atoms with Gasteiger partial charge in [-0.1, -0.05) is 25.0 Å². The highest BCUT2D eigenvalue weighted by Crippen LogP contribution is 2.44. The summed E-state index contributed by atoms with van der Waals surface area (Å²) in [5.74, 6) is -0.666. The van der Waals surface area contributed by atoms with Crippen molar-refractivity contribution in [3.8, 4) is 0 Å². The summed E-state index contributed by atoms with van der Waals surface area (Å²) < 4.78 is 0. The van der Waals surface area contributed by atoms with Crippen LogP contribution in [0.1, 0.15) is 64.9 Å². The minimum Gasteiger partial charge on any atom is -0.365 e. The van der Waals surface area contributed by atoms with Crippen LogP contribution in [0.15, 0.2) is 24.3 Å². The van der Waals surface area contributed by atoms with Crippen molar-refractivity contribution in [2.24, 2.45) is 5.73 Å². The summed E-state index contributed by atoms with van der Waals surface area (Å²) in [4.78, 5) is 37.2. The zero-order valence-electron chi connectivity index (χ0n) is 16.0. The van der Waals surface area contributed by atoms with Crippen molar-refractivity contribution >= 4 is 33.8 Å². The first-order valence-electron chi connectivity index (χ1n) is 9.93. The highest BCUT2D eigenvalue weighted by molar-refractivity contribution is 7.17. The number of amides is 2. The number of rotatable bonds is 5. The Kier molecular flexibility index (Phi) is 5.12. The normalized spacial score (nSPS) is 17.5. The highest BCUT2D eigenvalue weighted by atomic mass is 32.1. The third-order valence-electron chi connectivity index (χ3n) is 6.17. The Morgan fingerprint density at radius 1 is 1.07 bits per heavy atom. The summed E-state index contributed by atoms with van der Waals surface area (Å²) in [6.07, 6.45) is 6.98. The van der Waals surface area contributed by atoms with Gasteiger partial charge in [-0.15, -0.1) is 11.3 Å². The highest BCUT2D eigenvalue weighted by Gasteiger charge is 2.43. The van der Waals surface area contributed by atoms with Crippen molar-refractivity contribution in [2.75, 3.05) is 5.32 Å². The topological polar surface area (TPSA) is 115 Å². The fourth-order valence-electron chi connectivity index (χ4n) is 4.66. The predicted molar refractivity (Wildman–Crippen MR) is 111 cm³/mol. The number of thiophene rings is 1. The van der Waals surface area contributed by atoms with Gasteiger partial charge in [0.1, 0.15) is 5.00 Å². The van der Waals surface area contributed by atoms with Gasteiger partial charge >= 0.3 is 0 Å². The molecule has 0 aliphatic heterocycles. The second kappa shape index (κ2) is 7.59. The number of non-ortho nitro benzene ring substituents is 1. The van der Waals surface area contributed by atoms with Crippen molar-refractivity contribution < 1.29 is 14.5 Å². The third-order valence-corrected chi connectivity index (χ3v) is 7.37. The van der Waals surface area contributed by atoms with Crippen LogP contribution >= 0.6 is 11.3 Å². The number of nitro groups is 1. The van der Waals surface area contributed by atoms with Gasteiger partial charge in [-0.25, -0.2) is 0 Å². The van der Waals surface area contributed by atoms with E-state index in [1.165, 1.54) is 23.5 Å². The number of hydrogen-bond acceptors (Lipinski definition) is 5. The van der Waals surface area contributed by atoms with Crippen molar-refractivity contribution in [3.05, 3.63) is 55.9 Å². The SMILES string of the molecule is NC(=O)c1c(NC(=O)C2(c3ccc([N+](=O)[O-])cc3)CCCC2)sc2c1CCCC2. The molecule has 2 aromatic rings.